The predicted octanol–water partition coefficient (Wildman–Crippen LogP) is 1.32. The van der Waals surface area contributed by atoms with E-state index in [-0.39, 0.29) is 26.1 Å². The molecule has 0 bridgehead atoms. The van der Waals surface area contributed by atoms with Crippen molar-refractivity contribution in [2.24, 2.45) is 5.41 Å². The van der Waals surface area contributed by atoms with Crippen LogP contribution in [0.3, 0.4) is 0 Å². The molecule has 1 N–H and O–H groups in total. The number of carbonyl (C=O) groups excluding carboxylic acids is 2. The minimum absolute atomic E-state index is 0.0157. The number of aliphatic hydroxyl groups is 1. The number of nitriles is 1. The van der Waals surface area contributed by atoms with E-state index in [4.69, 9.17) is 9.47 Å². The van der Waals surface area contributed by atoms with E-state index in [1.165, 1.54) is 6.92 Å². The Balaban J connectivity index is 3.01. The minimum Gasteiger partial charge on any atom is -0.466 e. The summed E-state index contributed by atoms with van der Waals surface area (Å²) < 4.78 is 9.92. The van der Waals surface area contributed by atoms with Crippen LogP contribution >= 0.6 is 0 Å². The summed E-state index contributed by atoms with van der Waals surface area (Å²) in [6, 6.07) is 1.86. The Labute approximate surface area is 118 Å². The molecule has 1 saturated carbocycles. The van der Waals surface area contributed by atoms with Gasteiger partial charge in [-0.05, 0) is 26.2 Å². The first-order valence-electron chi connectivity index (χ1n) is 6.86. The van der Waals surface area contributed by atoms with Gasteiger partial charge in [0, 0.05) is 13.3 Å². The van der Waals surface area contributed by atoms with Crippen LogP contribution in [0.4, 0.5) is 0 Å². The number of hydrogen-bond acceptors (Lipinski definition) is 6. The monoisotopic (exact) mass is 283 g/mol. The minimum atomic E-state index is -1.77. The summed E-state index contributed by atoms with van der Waals surface area (Å²) in [5.41, 5.74) is -3.08. The first-order chi connectivity index (χ1) is 9.42. The molecular formula is C14H21NO5. The van der Waals surface area contributed by atoms with Crippen LogP contribution in [-0.2, 0) is 19.1 Å². The SMILES string of the molecule is CCOC(=O)[C@@]1(CCOC(C)=O)CCCC[C@@]1(O)C#N. The highest BCUT2D eigenvalue weighted by Gasteiger charge is 2.58. The van der Waals surface area contributed by atoms with Crippen molar-refractivity contribution in [2.45, 2.75) is 51.6 Å². The summed E-state index contributed by atoms with van der Waals surface area (Å²) in [6.07, 6.45) is 2.08. The van der Waals surface area contributed by atoms with Gasteiger partial charge in [-0.1, -0.05) is 6.42 Å². The van der Waals surface area contributed by atoms with Crippen LogP contribution < -0.4 is 0 Å². The molecule has 6 nitrogen and oxygen atoms in total. The lowest BCUT2D eigenvalue weighted by atomic mass is 9.62. The number of esters is 2. The molecule has 0 amide bonds. The highest BCUT2D eigenvalue weighted by molar-refractivity contribution is 5.79. The molecule has 6 heteroatoms. The molecule has 0 radical (unpaired) electrons. The zero-order valence-corrected chi connectivity index (χ0v) is 12.0. The summed E-state index contributed by atoms with van der Waals surface area (Å²) in [4.78, 5) is 23.1. The van der Waals surface area contributed by atoms with E-state index in [1.54, 1.807) is 6.92 Å². The maximum atomic E-state index is 12.3. The fraction of sp³-hybridized carbons (Fsp3) is 0.786. The summed E-state index contributed by atoms with van der Waals surface area (Å²) in [7, 11) is 0. The van der Waals surface area contributed by atoms with Crippen LogP contribution in [0.2, 0.25) is 0 Å². The second kappa shape index (κ2) is 6.71. The van der Waals surface area contributed by atoms with Crippen molar-refractivity contribution < 1.29 is 24.2 Å². The third-order valence-electron chi connectivity index (χ3n) is 3.87. The Morgan fingerprint density at radius 1 is 1.30 bits per heavy atom. The van der Waals surface area contributed by atoms with Gasteiger partial charge in [0.05, 0.1) is 19.3 Å². The second-order valence-electron chi connectivity index (χ2n) is 5.07. The van der Waals surface area contributed by atoms with Crippen molar-refractivity contribution in [2.75, 3.05) is 13.2 Å². The molecule has 0 unspecified atom stereocenters. The zero-order chi connectivity index (χ0) is 15.2. The molecular weight excluding hydrogens is 262 g/mol. The summed E-state index contributed by atoms with van der Waals surface area (Å²) in [5.74, 6) is -1.05. The van der Waals surface area contributed by atoms with Crippen LogP contribution in [0.5, 0.6) is 0 Å². The molecule has 1 rings (SSSR count). The van der Waals surface area contributed by atoms with Gasteiger partial charge in [0.2, 0.25) is 0 Å². The average Bonchev–Trinajstić information content (AvgIpc) is 2.41. The lowest BCUT2D eigenvalue weighted by Crippen LogP contribution is -2.55. The quantitative estimate of drug-likeness (QED) is 0.603. The van der Waals surface area contributed by atoms with Gasteiger partial charge in [-0.15, -0.1) is 0 Å². The van der Waals surface area contributed by atoms with E-state index < -0.39 is 23.0 Å². The third kappa shape index (κ3) is 3.10. The van der Waals surface area contributed by atoms with E-state index in [0.717, 1.165) is 6.42 Å². The summed E-state index contributed by atoms with van der Waals surface area (Å²) in [6.45, 7) is 3.11. The molecule has 0 aromatic carbocycles. The summed E-state index contributed by atoms with van der Waals surface area (Å²) >= 11 is 0. The van der Waals surface area contributed by atoms with E-state index in [0.29, 0.717) is 12.8 Å². The zero-order valence-electron chi connectivity index (χ0n) is 12.0. The maximum Gasteiger partial charge on any atom is 0.316 e. The van der Waals surface area contributed by atoms with E-state index >= 15 is 0 Å². The third-order valence-corrected chi connectivity index (χ3v) is 3.87. The fourth-order valence-electron chi connectivity index (χ4n) is 2.76. The smallest absolute Gasteiger partial charge is 0.316 e. The van der Waals surface area contributed by atoms with Crippen molar-refractivity contribution in [3.63, 3.8) is 0 Å². The number of carbonyl (C=O) groups is 2. The summed E-state index contributed by atoms with van der Waals surface area (Å²) in [5, 5.41) is 19.8. The Morgan fingerprint density at radius 2 is 1.95 bits per heavy atom. The normalized spacial score (nSPS) is 29.3. The molecule has 0 saturated heterocycles. The first kappa shape index (κ1) is 16.4. The molecule has 1 aliphatic rings. The lowest BCUT2D eigenvalue weighted by Gasteiger charge is -2.44. The Kier molecular flexibility index (Phi) is 5.52. The van der Waals surface area contributed by atoms with Gasteiger partial charge < -0.3 is 14.6 Å². The largest absolute Gasteiger partial charge is 0.466 e. The Hall–Kier alpha value is -1.61. The molecule has 0 aliphatic heterocycles. The molecule has 0 aromatic rings. The van der Waals surface area contributed by atoms with Crippen molar-refractivity contribution in [1.29, 1.82) is 5.26 Å². The van der Waals surface area contributed by atoms with Crippen molar-refractivity contribution in [1.82, 2.24) is 0 Å². The molecule has 0 heterocycles. The molecule has 0 spiro atoms. The number of hydrogen-bond donors (Lipinski definition) is 1. The van der Waals surface area contributed by atoms with Crippen LogP contribution in [0, 0.1) is 16.7 Å². The highest BCUT2D eigenvalue weighted by Crippen LogP contribution is 2.47. The Morgan fingerprint density at radius 3 is 2.50 bits per heavy atom. The molecule has 112 valence electrons. The van der Waals surface area contributed by atoms with Gasteiger partial charge in [0.15, 0.2) is 5.60 Å². The van der Waals surface area contributed by atoms with Gasteiger partial charge in [0.25, 0.3) is 0 Å². The van der Waals surface area contributed by atoms with E-state index in [9.17, 15) is 20.0 Å². The Bertz CT molecular complexity index is 416. The number of nitrogens with zero attached hydrogens (tertiary/aromatic N) is 1. The molecule has 1 fully saturated rings. The van der Waals surface area contributed by atoms with Gasteiger partial charge in [-0.2, -0.15) is 5.26 Å². The van der Waals surface area contributed by atoms with Gasteiger partial charge in [-0.3, -0.25) is 9.59 Å². The van der Waals surface area contributed by atoms with Crippen molar-refractivity contribution in [3.8, 4) is 6.07 Å². The van der Waals surface area contributed by atoms with Gasteiger partial charge >= 0.3 is 11.9 Å². The molecule has 2 atom stereocenters. The second-order valence-corrected chi connectivity index (χ2v) is 5.07. The predicted molar refractivity (Wildman–Crippen MR) is 69.3 cm³/mol. The van der Waals surface area contributed by atoms with E-state index in [2.05, 4.69) is 0 Å². The number of rotatable bonds is 5. The van der Waals surface area contributed by atoms with Crippen LogP contribution in [-0.4, -0.2) is 35.9 Å². The standard InChI is InChI=1S/C14H21NO5/c1-3-19-12(17)13(8-9-20-11(2)16)6-4-5-7-14(13,18)10-15/h18H,3-9H2,1-2H3/t13-,14+/m0/s1. The number of ether oxygens (including phenoxy) is 2. The topological polar surface area (TPSA) is 96.6 Å². The molecule has 1 aliphatic carbocycles. The van der Waals surface area contributed by atoms with Crippen LogP contribution in [0.1, 0.15) is 46.0 Å². The van der Waals surface area contributed by atoms with Crippen LogP contribution in [0.15, 0.2) is 0 Å². The average molecular weight is 283 g/mol. The molecule has 0 aromatic heterocycles. The van der Waals surface area contributed by atoms with Crippen LogP contribution in [0.25, 0.3) is 0 Å². The first-order valence-corrected chi connectivity index (χ1v) is 6.86. The highest BCUT2D eigenvalue weighted by atomic mass is 16.5. The fourth-order valence-corrected chi connectivity index (χ4v) is 2.76. The van der Waals surface area contributed by atoms with Crippen molar-refractivity contribution >= 4 is 11.9 Å². The maximum absolute atomic E-state index is 12.3. The van der Waals surface area contributed by atoms with E-state index in [1.807, 2.05) is 6.07 Å². The van der Waals surface area contributed by atoms with Crippen molar-refractivity contribution in [3.05, 3.63) is 0 Å². The van der Waals surface area contributed by atoms with Gasteiger partial charge in [0.1, 0.15) is 5.41 Å². The lowest BCUT2D eigenvalue weighted by molar-refractivity contribution is -0.178. The molecule has 20 heavy (non-hydrogen) atoms. The van der Waals surface area contributed by atoms with Gasteiger partial charge in [-0.25, -0.2) is 0 Å².